The topological polar surface area (TPSA) is 63.2 Å². The van der Waals surface area contributed by atoms with Gasteiger partial charge in [-0.2, -0.15) is 0 Å². The van der Waals surface area contributed by atoms with Gasteiger partial charge in [0.1, 0.15) is 5.82 Å². The number of carbonyl (C=O) groups is 1. The Balaban J connectivity index is 2.63. The summed E-state index contributed by atoms with van der Waals surface area (Å²) in [6.45, 7) is 2.07. The number of nitrogens with one attached hydrogen (secondary N) is 1. The molecule has 0 atom stereocenters. The molecule has 0 unspecified atom stereocenters. The fourth-order valence-electron chi connectivity index (χ4n) is 1.67. The molecule has 0 bridgehead atoms. The second-order valence-electron chi connectivity index (χ2n) is 4.44. The summed E-state index contributed by atoms with van der Waals surface area (Å²) in [4.78, 5) is 11.3. The molecule has 0 fully saturated rings. The van der Waals surface area contributed by atoms with Crippen LogP contribution in [0.2, 0.25) is 0 Å². The van der Waals surface area contributed by atoms with Crippen LogP contribution in [-0.2, 0) is 13.8 Å². The zero-order valence-corrected chi connectivity index (χ0v) is 12.7. The van der Waals surface area contributed by atoms with Crippen molar-refractivity contribution in [3.63, 3.8) is 0 Å². The first kappa shape index (κ1) is 16.9. The summed E-state index contributed by atoms with van der Waals surface area (Å²) >= 11 is 0. The molecule has 1 N–H and O–H groups in total. The van der Waals surface area contributed by atoms with Crippen LogP contribution in [0.5, 0.6) is 0 Å². The van der Waals surface area contributed by atoms with E-state index in [1.807, 2.05) is 0 Å². The van der Waals surface area contributed by atoms with Gasteiger partial charge in [-0.1, -0.05) is 26.2 Å². The first-order valence-electron chi connectivity index (χ1n) is 6.38. The van der Waals surface area contributed by atoms with Gasteiger partial charge in [0.15, 0.2) is 0 Å². The summed E-state index contributed by atoms with van der Waals surface area (Å²) < 4.78 is 35.7. The van der Waals surface area contributed by atoms with Gasteiger partial charge in [0.05, 0.1) is 10.6 Å². The Morgan fingerprint density at radius 2 is 2.00 bits per heavy atom. The average molecular weight is 322 g/mol. The molecule has 0 saturated carbocycles. The Labute approximate surface area is 122 Å². The predicted octanol–water partition coefficient (Wildman–Crippen LogP) is 3.66. The van der Waals surface area contributed by atoms with Crippen molar-refractivity contribution in [3.05, 3.63) is 24.0 Å². The highest BCUT2D eigenvalue weighted by atomic mass is 35.7. The lowest BCUT2D eigenvalue weighted by Crippen LogP contribution is -2.12. The van der Waals surface area contributed by atoms with E-state index in [2.05, 4.69) is 12.2 Å². The van der Waals surface area contributed by atoms with E-state index in [0.717, 1.165) is 37.8 Å². The number of hydrogen-bond donors (Lipinski definition) is 1. The van der Waals surface area contributed by atoms with Gasteiger partial charge in [-0.3, -0.25) is 4.79 Å². The molecule has 0 heterocycles. The van der Waals surface area contributed by atoms with E-state index in [0.29, 0.717) is 6.42 Å². The largest absolute Gasteiger partial charge is 0.324 e. The Kier molecular flexibility index (Phi) is 6.42. The van der Waals surface area contributed by atoms with Crippen molar-refractivity contribution in [2.75, 3.05) is 5.32 Å². The number of unbranched alkanes of at least 4 members (excludes halogenated alkanes) is 3. The molecule has 0 radical (unpaired) electrons. The Morgan fingerprint density at radius 1 is 1.30 bits per heavy atom. The second kappa shape index (κ2) is 7.59. The molecular formula is C13H17ClFNO3S. The van der Waals surface area contributed by atoms with Gasteiger partial charge in [0.2, 0.25) is 5.91 Å². The third-order valence-corrected chi connectivity index (χ3v) is 4.11. The first-order valence-corrected chi connectivity index (χ1v) is 8.69. The van der Waals surface area contributed by atoms with Crippen LogP contribution in [0, 0.1) is 5.82 Å². The summed E-state index contributed by atoms with van der Waals surface area (Å²) in [7, 11) is 1.13. The van der Waals surface area contributed by atoms with Crippen LogP contribution in [0.15, 0.2) is 23.1 Å². The third-order valence-electron chi connectivity index (χ3n) is 2.75. The van der Waals surface area contributed by atoms with Gasteiger partial charge in [-0.05, 0) is 24.6 Å². The third kappa shape index (κ3) is 5.46. The summed E-state index contributed by atoms with van der Waals surface area (Å²) in [6.07, 6.45) is 4.15. The summed E-state index contributed by atoms with van der Waals surface area (Å²) in [5.41, 5.74) is -0.0467. The Morgan fingerprint density at radius 3 is 2.55 bits per heavy atom. The summed E-state index contributed by atoms with van der Waals surface area (Å²) in [5, 5.41) is 2.41. The van der Waals surface area contributed by atoms with Crippen LogP contribution in [0.3, 0.4) is 0 Å². The number of rotatable bonds is 7. The van der Waals surface area contributed by atoms with E-state index >= 15 is 0 Å². The fraction of sp³-hybridized carbons (Fsp3) is 0.462. The summed E-state index contributed by atoms with van der Waals surface area (Å²) in [5.74, 6) is -1.12. The first-order chi connectivity index (χ1) is 9.34. The number of benzene rings is 1. The highest BCUT2D eigenvalue weighted by molar-refractivity contribution is 8.13. The molecule has 4 nitrogen and oxygen atoms in total. The van der Waals surface area contributed by atoms with E-state index in [1.165, 1.54) is 6.07 Å². The Hall–Kier alpha value is -1.14. The van der Waals surface area contributed by atoms with Crippen LogP contribution >= 0.6 is 10.7 Å². The van der Waals surface area contributed by atoms with Gasteiger partial charge >= 0.3 is 0 Å². The minimum absolute atomic E-state index is 0.0467. The van der Waals surface area contributed by atoms with Crippen molar-refractivity contribution in [1.82, 2.24) is 0 Å². The molecule has 0 aromatic heterocycles. The second-order valence-corrected chi connectivity index (χ2v) is 7.00. The summed E-state index contributed by atoms with van der Waals surface area (Å²) in [6, 6.07) is 3.13. The van der Waals surface area contributed by atoms with E-state index < -0.39 is 14.9 Å². The smallest absolute Gasteiger partial charge is 0.261 e. The van der Waals surface area contributed by atoms with Crippen LogP contribution in [0.4, 0.5) is 10.1 Å². The van der Waals surface area contributed by atoms with Crippen molar-refractivity contribution in [2.45, 2.75) is 43.9 Å². The van der Waals surface area contributed by atoms with Gasteiger partial charge in [0.25, 0.3) is 9.05 Å². The number of halogens is 2. The Bertz CT molecular complexity index is 575. The van der Waals surface area contributed by atoms with Crippen molar-refractivity contribution in [2.24, 2.45) is 0 Å². The molecule has 1 amide bonds. The molecule has 7 heteroatoms. The number of hydrogen-bond acceptors (Lipinski definition) is 3. The highest BCUT2D eigenvalue weighted by Crippen LogP contribution is 2.21. The molecule has 0 saturated heterocycles. The van der Waals surface area contributed by atoms with Gasteiger partial charge in [-0.15, -0.1) is 0 Å². The lowest BCUT2D eigenvalue weighted by Gasteiger charge is -2.07. The van der Waals surface area contributed by atoms with Crippen LogP contribution in [-0.4, -0.2) is 14.3 Å². The van der Waals surface area contributed by atoms with Crippen molar-refractivity contribution >= 4 is 31.3 Å². The molecule has 112 valence electrons. The molecule has 0 aliphatic carbocycles. The van der Waals surface area contributed by atoms with E-state index in [4.69, 9.17) is 10.7 Å². The lowest BCUT2D eigenvalue weighted by atomic mass is 10.1. The molecule has 0 spiro atoms. The standard InChI is InChI=1S/C13H17ClFNO3S/c1-2-3-4-5-6-13(17)16-12-8-7-10(9-11(12)15)20(14,18)19/h7-9H,2-6H2,1H3,(H,16,17). The average Bonchev–Trinajstić information content (AvgIpc) is 2.36. The predicted molar refractivity (Wildman–Crippen MR) is 76.8 cm³/mol. The normalized spacial score (nSPS) is 11.3. The zero-order valence-electron chi connectivity index (χ0n) is 11.2. The maximum atomic E-state index is 13.6. The molecule has 0 aliphatic rings. The molecular weight excluding hydrogens is 305 g/mol. The van der Waals surface area contributed by atoms with Crippen molar-refractivity contribution in [3.8, 4) is 0 Å². The van der Waals surface area contributed by atoms with Gasteiger partial charge in [-0.25, -0.2) is 12.8 Å². The van der Waals surface area contributed by atoms with E-state index in [-0.39, 0.29) is 16.5 Å². The van der Waals surface area contributed by atoms with Crippen LogP contribution < -0.4 is 5.32 Å². The molecule has 1 rings (SSSR count). The SMILES string of the molecule is CCCCCCC(=O)Nc1ccc(S(=O)(=O)Cl)cc1F. The molecule has 0 aliphatic heterocycles. The van der Waals surface area contributed by atoms with Crippen LogP contribution in [0.1, 0.15) is 39.0 Å². The maximum Gasteiger partial charge on any atom is 0.261 e. The molecule has 20 heavy (non-hydrogen) atoms. The van der Waals surface area contributed by atoms with Crippen LogP contribution in [0.25, 0.3) is 0 Å². The van der Waals surface area contributed by atoms with Gasteiger partial charge in [0, 0.05) is 17.1 Å². The fourth-order valence-corrected chi connectivity index (χ4v) is 2.44. The van der Waals surface area contributed by atoms with Crippen molar-refractivity contribution in [1.29, 1.82) is 0 Å². The van der Waals surface area contributed by atoms with Crippen molar-refractivity contribution < 1.29 is 17.6 Å². The zero-order chi connectivity index (χ0) is 15.2. The lowest BCUT2D eigenvalue weighted by molar-refractivity contribution is -0.116. The minimum Gasteiger partial charge on any atom is -0.324 e. The number of amides is 1. The quantitative estimate of drug-likeness (QED) is 0.615. The molecule has 1 aromatic rings. The van der Waals surface area contributed by atoms with E-state index in [1.54, 1.807) is 0 Å². The van der Waals surface area contributed by atoms with Gasteiger partial charge < -0.3 is 5.32 Å². The van der Waals surface area contributed by atoms with E-state index in [9.17, 15) is 17.6 Å². The molecule has 1 aromatic carbocycles. The number of anilines is 1. The highest BCUT2D eigenvalue weighted by Gasteiger charge is 2.14. The number of carbonyl (C=O) groups excluding carboxylic acids is 1. The maximum absolute atomic E-state index is 13.6. The minimum atomic E-state index is -3.97. The monoisotopic (exact) mass is 321 g/mol.